The van der Waals surface area contributed by atoms with Crippen LogP contribution in [-0.4, -0.2) is 20.1 Å². The van der Waals surface area contributed by atoms with Crippen molar-refractivity contribution in [1.29, 1.82) is 0 Å². The Kier molecular flexibility index (Phi) is 5.80. The molecule has 2 aromatic rings. The van der Waals surface area contributed by atoms with Crippen LogP contribution in [0.4, 0.5) is 0 Å². The summed E-state index contributed by atoms with van der Waals surface area (Å²) in [4.78, 5) is 12.5. The Morgan fingerprint density at radius 3 is 2.39 bits per heavy atom. The lowest BCUT2D eigenvalue weighted by atomic mass is 10.0. The van der Waals surface area contributed by atoms with E-state index in [1.54, 1.807) is 26.4 Å². The second-order valence-electron chi connectivity index (χ2n) is 5.03. The summed E-state index contributed by atoms with van der Waals surface area (Å²) in [5, 5.41) is 2.93. The van der Waals surface area contributed by atoms with Crippen LogP contribution < -0.4 is 14.8 Å². The molecule has 0 bridgehead atoms. The Balaban J connectivity index is 2.25. The van der Waals surface area contributed by atoms with Crippen molar-refractivity contribution < 1.29 is 14.3 Å². The van der Waals surface area contributed by atoms with Crippen LogP contribution in [0.3, 0.4) is 0 Å². The third-order valence-corrected chi connectivity index (χ3v) is 3.51. The summed E-state index contributed by atoms with van der Waals surface area (Å²) in [6, 6.07) is 13.3. The van der Waals surface area contributed by atoms with Gasteiger partial charge < -0.3 is 14.8 Å². The molecule has 1 N–H and O–H groups in total. The SMILES string of the molecule is C=CCc1cc(OC)c(OC)cc1C(=O)NCc1ccccc1. The number of rotatable bonds is 7. The lowest BCUT2D eigenvalue weighted by molar-refractivity contribution is 0.0949. The quantitative estimate of drug-likeness (QED) is 0.798. The van der Waals surface area contributed by atoms with E-state index in [-0.39, 0.29) is 5.91 Å². The summed E-state index contributed by atoms with van der Waals surface area (Å²) in [6.45, 7) is 4.22. The van der Waals surface area contributed by atoms with E-state index in [4.69, 9.17) is 9.47 Å². The molecule has 4 nitrogen and oxygen atoms in total. The summed E-state index contributed by atoms with van der Waals surface area (Å²) < 4.78 is 10.6. The Morgan fingerprint density at radius 2 is 1.78 bits per heavy atom. The minimum atomic E-state index is -0.147. The second-order valence-corrected chi connectivity index (χ2v) is 5.03. The van der Waals surface area contributed by atoms with Crippen molar-refractivity contribution in [3.63, 3.8) is 0 Å². The Morgan fingerprint density at radius 1 is 1.13 bits per heavy atom. The Labute approximate surface area is 136 Å². The van der Waals surface area contributed by atoms with E-state index in [1.165, 1.54) is 0 Å². The molecule has 2 rings (SSSR count). The van der Waals surface area contributed by atoms with E-state index in [9.17, 15) is 4.79 Å². The smallest absolute Gasteiger partial charge is 0.251 e. The molecule has 1 amide bonds. The number of ether oxygens (including phenoxy) is 2. The summed E-state index contributed by atoms with van der Waals surface area (Å²) in [5.74, 6) is 0.987. The number of carbonyl (C=O) groups is 1. The van der Waals surface area contributed by atoms with Crippen molar-refractivity contribution in [2.45, 2.75) is 13.0 Å². The molecule has 4 heteroatoms. The van der Waals surface area contributed by atoms with Crippen LogP contribution in [0.25, 0.3) is 0 Å². The van der Waals surface area contributed by atoms with E-state index in [0.717, 1.165) is 11.1 Å². The van der Waals surface area contributed by atoms with Crippen LogP contribution in [0.1, 0.15) is 21.5 Å². The number of carbonyl (C=O) groups excluding carboxylic acids is 1. The molecule has 0 aromatic heterocycles. The van der Waals surface area contributed by atoms with Gasteiger partial charge in [-0.2, -0.15) is 0 Å². The molecule has 0 spiro atoms. The van der Waals surface area contributed by atoms with Crippen LogP contribution in [0.5, 0.6) is 11.5 Å². The number of hydrogen-bond acceptors (Lipinski definition) is 3. The van der Waals surface area contributed by atoms with Crippen molar-refractivity contribution in [3.05, 3.63) is 71.8 Å². The highest BCUT2D eigenvalue weighted by Crippen LogP contribution is 2.31. The van der Waals surface area contributed by atoms with Crippen LogP contribution >= 0.6 is 0 Å². The fourth-order valence-corrected chi connectivity index (χ4v) is 2.33. The van der Waals surface area contributed by atoms with Crippen molar-refractivity contribution >= 4 is 5.91 Å². The number of nitrogens with one attached hydrogen (secondary N) is 1. The Hall–Kier alpha value is -2.75. The maximum absolute atomic E-state index is 12.5. The first-order chi connectivity index (χ1) is 11.2. The predicted octanol–water partition coefficient (Wildman–Crippen LogP) is 3.36. The highest BCUT2D eigenvalue weighted by Gasteiger charge is 2.16. The van der Waals surface area contributed by atoms with Gasteiger partial charge in [0, 0.05) is 12.1 Å². The van der Waals surface area contributed by atoms with Gasteiger partial charge in [-0.15, -0.1) is 6.58 Å². The van der Waals surface area contributed by atoms with Crippen molar-refractivity contribution in [2.24, 2.45) is 0 Å². The molecule has 0 unspecified atom stereocenters. The zero-order chi connectivity index (χ0) is 16.7. The molecule has 0 radical (unpaired) electrons. The van der Waals surface area contributed by atoms with Gasteiger partial charge >= 0.3 is 0 Å². The van der Waals surface area contributed by atoms with E-state index in [2.05, 4.69) is 11.9 Å². The molecule has 0 fully saturated rings. The molecule has 0 saturated carbocycles. The molecule has 0 aliphatic rings. The van der Waals surface area contributed by atoms with Gasteiger partial charge in [0.1, 0.15) is 0 Å². The molecule has 0 heterocycles. The number of benzene rings is 2. The van der Waals surface area contributed by atoms with Gasteiger partial charge in [-0.25, -0.2) is 0 Å². The third kappa shape index (κ3) is 4.13. The maximum Gasteiger partial charge on any atom is 0.251 e. The minimum Gasteiger partial charge on any atom is -0.493 e. The first kappa shape index (κ1) is 16.6. The molecule has 0 saturated heterocycles. The van der Waals surface area contributed by atoms with Gasteiger partial charge in [0.05, 0.1) is 14.2 Å². The summed E-state index contributed by atoms with van der Waals surface area (Å²) in [7, 11) is 3.13. The highest BCUT2D eigenvalue weighted by atomic mass is 16.5. The van der Waals surface area contributed by atoms with Crippen LogP contribution in [0, 0.1) is 0 Å². The average molecular weight is 311 g/mol. The number of amides is 1. The van der Waals surface area contributed by atoms with Crippen LogP contribution in [-0.2, 0) is 13.0 Å². The molecular weight excluding hydrogens is 290 g/mol. The fraction of sp³-hybridized carbons (Fsp3) is 0.211. The summed E-state index contributed by atoms with van der Waals surface area (Å²) in [5.41, 5.74) is 2.47. The summed E-state index contributed by atoms with van der Waals surface area (Å²) in [6.07, 6.45) is 2.34. The normalized spacial score (nSPS) is 10.0. The van der Waals surface area contributed by atoms with Crippen molar-refractivity contribution in [1.82, 2.24) is 5.32 Å². The van der Waals surface area contributed by atoms with Gasteiger partial charge in [-0.3, -0.25) is 4.79 Å². The Bertz CT molecular complexity index is 681. The number of methoxy groups -OCH3 is 2. The molecule has 2 aromatic carbocycles. The number of hydrogen-bond donors (Lipinski definition) is 1. The van der Waals surface area contributed by atoms with E-state index < -0.39 is 0 Å². The first-order valence-corrected chi connectivity index (χ1v) is 7.37. The molecule has 0 atom stereocenters. The molecule has 120 valence electrons. The molecular formula is C19H21NO3. The summed E-state index contributed by atoms with van der Waals surface area (Å²) >= 11 is 0. The van der Waals surface area contributed by atoms with Crippen molar-refractivity contribution in [2.75, 3.05) is 14.2 Å². The zero-order valence-electron chi connectivity index (χ0n) is 13.5. The highest BCUT2D eigenvalue weighted by molar-refractivity contribution is 5.96. The van der Waals surface area contributed by atoms with Gasteiger partial charge in [0.15, 0.2) is 11.5 Å². The third-order valence-electron chi connectivity index (χ3n) is 3.51. The lowest BCUT2D eigenvalue weighted by Gasteiger charge is -2.14. The van der Waals surface area contributed by atoms with Gasteiger partial charge in [0.2, 0.25) is 0 Å². The maximum atomic E-state index is 12.5. The van der Waals surface area contributed by atoms with Gasteiger partial charge in [0.25, 0.3) is 5.91 Å². The van der Waals surface area contributed by atoms with E-state index >= 15 is 0 Å². The molecule has 0 aliphatic heterocycles. The zero-order valence-corrected chi connectivity index (χ0v) is 13.5. The average Bonchev–Trinajstić information content (AvgIpc) is 2.60. The van der Waals surface area contributed by atoms with Gasteiger partial charge in [-0.05, 0) is 29.7 Å². The minimum absolute atomic E-state index is 0.147. The fourth-order valence-electron chi connectivity index (χ4n) is 2.33. The number of allylic oxidation sites excluding steroid dienone is 1. The molecule has 0 aliphatic carbocycles. The largest absolute Gasteiger partial charge is 0.493 e. The van der Waals surface area contributed by atoms with Gasteiger partial charge in [-0.1, -0.05) is 36.4 Å². The topological polar surface area (TPSA) is 47.6 Å². The monoisotopic (exact) mass is 311 g/mol. The molecule has 23 heavy (non-hydrogen) atoms. The standard InChI is InChI=1S/C19H21NO3/c1-4-8-15-11-17(22-2)18(23-3)12-16(15)19(21)20-13-14-9-6-5-7-10-14/h4-7,9-12H,1,8,13H2,2-3H3,(H,20,21). The van der Waals surface area contributed by atoms with Crippen LogP contribution in [0.2, 0.25) is 0 Å². The lowest BCUT2D eigenvalue weighted by Crippen LogP contribution is -2.24. The van der Waals surface area contributed by atoms with Crippen molar-refractivity contribution in [3.8, 4) is 11.5 Å². The van der Waals surface area contributed by atoms with E-state index in [0.29, 0.717) is 30.0 Å². The first-order valence-electron chi connectivity index (χ1n) is 7.37. The van der Waals surface area contributed by atoms with Crippen LogP contribution in [0.15, 0.2) is 55.1 Å². The second kappa shape index (κ2) is 8.03. The van der Waals surface area contributed by atoms with E-state index in [1.807, 2.05) is 36.4 Å². The predicted molar refractivity (Wildman–Crippen MR) is 91.1 cm³/mol.